The number of carbonyl (C=O) groups excluding carboxylic acids is 2. The fourth-order valence-electron chi connectivity index (χ4n) is 7.12. The topological polar surface area (TPSA) is 169 Å². The van der Waals surface area contributed by atoms with Gasteiger partial charge in [-0.2, -0.15) is 13.2 Å². The number of aliphatic hydroxyl groups excluding tert-OH is 2. The molecule has 10 nitrogen and oxygen atoms in total. The van der Waals surface area contributed by atoms with Crippen molar-refractivity contribution >= 4 is 17.4 Å². The second-order valence-corrected chi connectivity index (χ2v) is 10.9. The van der Waals surface area contributed by atoms with E-state index in [9.17, 15) is 43.2 Å². The van der Waals surface area contributed by atoms with Gasteiger partial charge in [-0.1, -0.05) is 0 Å². The molecule has 2 unspecified atom stereocenters. The maximum atomic E-state index is 14.4. The molecule has 204 valence electrons. The molecule has 3 aliphatic carbocycles. The minimum absolute atomic E-state index is 0.0736. The highest BCUT2D eigenvalue weighted by atomic mass is 19.4. The van der Waals surface area contributed by atoms with Crippen molar-refractivity contribution in [3.8, 4) is 5.75 Å². The van der Waals surface area contributed by atoms with Crippen LogP contribution in [-0.4, -0.2) is 75.1 Å². The average molecular weight is 537 g/mol. The first-order valence-corrected chi connectivity index (χ1v) is 12.2. The second-order valence-electron chi connectivity index (χ2n) is 10.9. The van der Waals surface area contributed by atoms with Crippen LogP contribution in [0.2, 0.25) is 0 Å². The van der Waals surface area contributed by atoms with Crippen LogP contribution in [0.1, 0.15) is 41.1 Å². The van der Waals surface area contributed by atoms with E-state index in [1.165, 1.54) is 4.90 Å². The number of halogens is 3. The number of phenols is 1. The smallest absolute Gasteiger partial charge is 0.417 e. The number of nitrogens with one attached hydrogen (secondary N) is 1. The number of ether oxygens (including phenoxy) is 1. The van der Waals surface area contributed by atoms with Gasteiger partial charge in [-0.3, -0.25) is 14.5 Å². The SMILES string of the molecule is CN(C)[C@@H]1C(O)=C(C(N)=O)C2(O)O[C@@]23C(=O)C2=C(O)c4c(O)cc(C5CCN5)c(C(F)(F)F)c4C[C@H]2C[C@@H]13. The Balaban J connectivity index is 1.56. The van der Waals surface area contributed by atoms with E-state index in [0.29, 0.717) is 13.0 Å². The highest BCUT2D eigenvalue weighted by Crippen LogP contribution is 2.67. The van der Waals surface area contributed by atoms with Crippen molar-refractivity contribution < 1.29 is 47.9 Å². The summed E-state index contributed by atoms with van der Waals surface area (Å²) in [6, 6.07) is -0.689. The molecule has 0 aromatic heterocycles. The van der Waals surface area contributed by atoms with E-state index in [0.717, 1.165) is 6.07 Å². The number of carbonyl (C=O) groups is 2. The number of fused-ring (bicyclic) bond motifs is 2. The molecule has 3 fully saturated rings. The van der Waals surface area contributed by atoms with Crippen molar-refractivity contribution in [1.29, 1.82) is 0 Å². The Morgan fingerprint density at radius 1 is 1.26 bits per heavy atom. The van der Waals surface area contributed by atoms with Gasteiger partial charge in [0, 0.05) is 17.5 Å². The molecule has 6 rings (SSSR count). The Kier molecular flexibility index (Phi) is 4.96. The number of nitrogens with two attached hydrogens (primary N) is 1. The van der Waals surface area contributed by atoms with Crippen molar-refractivity contribution in [2.45, 2.75) is 48.9 Å². The van der Waals surface area contributed by atoms with E-state index < -0.39 is 87.1 Å². The number of hydrogen-bond donors (Lipinski definition) is 6. The number of ketones is 1. The number of primary amides is 1. The molecule has 13 heteroatoms. The van der Waals surface area contributed by atoms with Crippen LogP contribution in [0.5, 0.6) is 5.75 Å². The van der Waals surface area contributed by atoms with Crippen molar-refractivity contribution in [2.75, 3.05) is 20.6 Å². The molecule has 1 spiro atoms. The molecule has 1 aromatic carbocycles. The van der Waals surface area contributed by atoms with E-state index >= 15 is 0 Å². The lowest BCUT2D eigenvalue weighted by Crippen LogP contribution is -2.60. The molecule has 6 atom stereocenters. The van der Waals surface area contributed by atoms with Crippen LogP contribution < -0.4 is 11.1 Å². The van der Waals surface area contributed by atoms with Crippen molar-refractivity contribution in [3.05, 3.63) is 45.2 Å². The van der Waals surface area contributed by atoms with E-state index in [2.05, 4.69) is 5.32 Å². The zero-order valence-electron chi connectivity index (χ0n) is 20.4. The Hall–Kier alpha value is -3.13. The van der Waals surface area contributed by atoms with Gasteiger partial charge in [0.2, 0.25) is 11.6 Å². The van der Waals surface area contributed by atoms with Gasteiger partial charge in [0.15, 0.2) is 5.60 Å². The lowest BCUT2D eigenvalue weighted by Gasteiger charge is -2.46. The van der Waals surface area contributed by atoms with E-state index in [4.69, 9.17) is 10.5 Å². The maximum Gasteiger partial charge on any atom is 0.417 e. The molecule has 38 heavy (non-hydrogen) atoms. The van der Waals surface area contributed by atoms with E-state index in [1.54, 1.807) is 14.1 Å². The number of benzene rings is 1. The number of hydrogen-bond acceptors (Lipinski definition) is 9. The number of phenolic OH excluding ortho intramolecular Hbond substituents is 1. The molecule has 7 N–H and O–H groups in total. The number of nitrogens with zero attached hydrogens (tertiary/aromatic N) is 1. The van der Waals surface area contributed by atoms with Gasteiger partial charge in [0.25, 0.3) is 5.91 Å². The number of aromatic hydroxyl groups is 1. The van der Waals surface area contributed by atoms with Gasteiger partial charge in [-0.25, -0.2) is 0 Å². The predicted molar refractivity (Wildman–Crippen MR) is 123 cm³/mol. The lowest BCUT2D eigenvalue weighted by atomic mass is 9.58. The molecule has 2 aliphatic heterocycles. The molecule has 0 bridgehead atoms. The normalized spacial score (nSPS) is 35.8. The van der Waals surface area contributed by atoms with E-state index in [1.807, 2.05) is 0 Å². The summed E-state index contributed by atoms with van der Waals surface area (Å²) in [5.41, 5.74) is 0.419. The van der Waals surface area contributed by atoms with Gasteiger partial charge >= 0.3 is 6.18 Å². The molecular weight excluding hydrogens is 511 g/mol. The average Bonchev–Trinajstić information content (AvgIpc) is 3.36. The molecule has 2 saturated heterocycles. The van der Waals surface area contributed by atoms with Gasteiger partial charge < -0.3 is 36.2 Å². The van der Waals surface area contributed by atoms with Gasteiger partial charge in [0.1, 0.15) is 22.8 Å². The third-order valence-electron chi connectivity index (χ3n) is 8.75. The van der Waals surface area contributed by atoms with Crippen molar-refractivity contribution in [1.82, 2.24) is 10.2 Å². The van der Waals surface area contributed by atoms with Gasteiger partial charge in [0.05, 0.1) is 17.2 Å². The first-order chi connectivity index (χ1) is 17.7. The molecule has 5 aliphatic rings. The number of aliphatic hydroxyl groups is 3. The van der Waals surface area contributed by atoms with Crippen LogP contribution >= 0.6 is 0 Å². The van der Waals surface area contributed by atoms with Gasteiger partial charge in [-0.05, 0) is 63.0 Å². The molecule has 1 aromatic rings. The monoisotopic (exact) mass is 537 g/mol. The minimum Gasteiger partial charge on any atom is -0.510 e. The number of alkyl halides is 3. The van der Waals surface area contributed by atoms with Crippen molar-refractivity contribution in [3.63, 3.8) is 0 Å². The second kappa shape index (κ2) is 7.50. The Morgan fingerprint density at radius 2 is 1.92 bits per heavy atom. The highest BCUT2D eigenvalue weighted by molar-refractivity contribution is 6.14. The summed E-state index contributed by atoms with van der Waals surface area (Å²) in [4.78, 5) is 27.6. The summed E-state index contributed by atoms with van der Waals surface area (Å²) in [7, 11) is 3.11. The zero-order valence-corrected chi connectivity index (χ0v) is 20.4. The first kappa shape index (κ1) is 25.2. The third kappa shape index (κ3) is 2.87. The molecule has 1 saturated carbocycles. The molecule has 2 heterocycles. The maximum absolute atomic E-state index is 14.4. The standard InChI is InChI=1S/C25H26F3N3O7/c1-31(2)18-11-6-8-5-10-15(13(32)7-9(12-3-4-30-12)16(10)25(26,27)28)19(33)14(8)21(35)23(11)24(37,38-23)17(20(18)34)22(29)36/h7-8,11-12,18,30,32-34,37H,3-6H2,1-2H3,(H2,29,36)/t8-,11-,12?,18-,23-,24?/m0/s1. The number of rotatable bonds is 3. The van der Waals surface area contributed by atoms with Crippen LogP contribution in [0.15, 0.2) is 23.0 Å². The van der Waals surface area contributed by atoms with Crippen LogP contribution in [0.4, 0.5) is 13.2 Å². The quantitative estimate of drug-likeness (QED) is 0.310. The number of amides is 1. The summed E-state index contributed by atoms with van der Waals surface area (Å²) >= 11 is 0. The summed E-state index contributed by atoms with van der Waals surface area (Å²) in [6.45, 7) is 0.523. The number of epoxide rings is 1. The number of Topliss-reactive ketones (excluding diaryl/α,β-unsaturated/α-hetero) is 1. The molecular formula is C25H26F3N3O7. The van der Waals surface area contributed by atoms with Crippen LogP contribution in [-0.2, 0) is 26.9 Å². The molecule has 0 radical (unpaired) electrons. The fourth-order valence-corrected chi connectivity index (χ4v) is 7.12. The Labute approximate surface area is 214 Å². The van der Waals surface area contributed by atoms with E-state index in [-0.39, 0.29) is 29.5 Å². The largest absolute Gasteiger partial charge is 0.510 e. The minimum atomic E-state index is -4.81. The van der Waals surface area contributed by atoms with Crippen LogP contribution in [0, 0.1) is 11.8 Å². The number of likely N-dealkylation sites (N-methyl/N-ethyl adjacent to an activating group) is 1. The lowest BCUT2D eigenvalue weighted by molar-refractivity contribution is -0.139. The summed E-state index contributed by atoms with van der Waals surface area (Å²) in [6.07, 6.45) is -4.77. The van der Waals surface area contributed by atoms with Crippen LogP contribution in [0.25, 0.3) is 5.76 Å². The summed E-state index contributed by atoms with van der Waals surface area (Å²) in [5.74, 6) is -8.66. The predicted octanol–water partition coefficient (Wildman–Crippen LogP) is 1.17. The first-order valence-electron chi connectivity index (χ1n) is 12.2. The van der Waals surface area contributed by atoms with Gasteiger partial charge in [-0.15, -0.1) is 0 Å². The summed E-state index contributed by atoms with van der Waals surface area (Å²) < 4.78 is 48.8. The summed E-state index contributed by atoms with van der Waals surface area (Å²) in [5, 5.41) is 47.0. The Morgan fingerprint density at radius 3 is 2.45 bits per heavy atom. The Bertz CT molecular complexity index is 1380. The highest BCUT2D eigenvalue weighted by Gasteiger charge is 2.86. The van der Waals surface area contributed by atoms with Crippen molar-refractivity contribution in [2.24, 2.45) is 17.6 Å². The molecule has 1 amide bonds. The fraction of sp³-hybridized carbons (Fsp3) is 0.520. The third-order valence-corrected chi connectivity index (χ3v) is 8.75. The zero-order chi connectivity index (χ0) is 27.7. The van der Waals surface area contributed by atoms with Crippen LogP contribution in [0.3, 0.4) is 0 Å².